The van der Waals surface area contributed by atoms with Gasteiger partial charge >= 0.3 is 17.1 Å². The molecule has 6 aliphatic rings. The Morgan fingerprint density at radius 3 is 1.82 bits per heavy atom. The quantitative estimate of drug-likeness (QED) is 0.0899. The van der Waals surface area contributed by atoms with Crippen LogP contribution in [0.15, 0.2) is 97.1 Å². The first-order chi connectivity index (χ1) is 23.6. The molecule has 260 valence electrons. The fourth-order valence-corrected chi connectivity index (χ4v) is 12.4. The Morgan fingerprint density at radius 2 is 1.31 bits per heavy atom. The molecular formula is C42H54FeN4P2. The van der Waals surface area contributed by atoms with Crippen molar-refractivity contribution >= 4 is 18.5 Å². The van der Waals surface area contributed by atoms with Crippen molar-refractivity contribution < 1.29 is 17.1 Å². The van der Waals surface area contributed by atoms with E-state index in [0.717, 1.165) is 43.9 Å². The van der Waals surface area contributed by atoms with E-state index in [1.807, 2.05) is 30.3 Å². The molecule has 10 rings (SSSR count). The topological polar surface area (TPSA) is 48.1 Å². The molecule has 0 aromatic heterocycles. The van der Waals surface area contributed by atoms with E-state index in [1.165, 1.54) is 73.4 Å². The minimum atomic E-state index is -0.262. The van der Waals surface area contributed by atoms with Gasteiger partial charge in [0.15, 0.2) is 0 Å². The zero-order valence-corrected chi connectivity index (χ0v) is 32.1. The molecule has 4 saturated carbocycles. The normalized spacial score (nSPS) is 28.4. The Labute approximate surface area is 309 Å². The fraction of sp³-hybridized carbons (Fsp3) is 0.476. The Bertz CT molecular complexity index is 1560. The molecule has 4 nitrogen and oxygen atoms in total. The molecule has 7 heteroatoms. The van der Waals surface area contributed by atoms with Gasteiger partial charge in [0.1, 0.15) is 0 Å². The van der Waals surface area contributed by atoms with Gasteiger partial charge in [-0.2, -0.15) is 18.2 Å². The van der Waals surface area contributed by atoms with Gasteiger partial charge in [-0.05, 0) is 106 Å². The maximum Gasteiger partial charge on any atom is 2.00 e. The average molecular weight is 733 g/mol. The predicted octanol–water partition coefficient (Wildman–Crippen LogP) is 7.60. The molecule has 4 bridgehead atoms. The van der Waals surface area contributed by atoms with E-state index >= 15 is 0 Å². The minimum absolute atomic E-state index is 0. The molecule has 4 aromatic carbocycles. The van der Waals surface area contributed by atoms with Crippen molar-refractivity contribution in [2.45, 2.75) is 67.8 Å². The van der Waals surface area contributed by atoms with Crippen LogP contribution in [0.25, 0.3) is 22.3 Å². The Kier molecular flexibility index (Phi) is 11.3. The number of nitrogens with one attached hydrogen (secondary N) is 4. The monoisotopic (exact) mass is 732 g/mol. The third-order valence-electron chi connectivity index (χ3n) is 12.6. The molecule has 4 aromatic rings. The maximum absolute atomic E-state index is 3.97. The molecule has 5 unspecified atom stereocenters. The Morgan fingerprint density at radius 1 is 0.755 bits per heavy atom. The third-order valence-corrected chi connectivity index (χ3v) is 14.1. The standard InChI is InChI=1S/C37H49N4P2.C5H5.Fe/c42-23-31-28-18-24-17-25(19-28)22-36(31,21-24)33-30(37(43,34-38-13-7-14-39-34)35-40-15-8-16-41-35)20-29(26-9-3-1-4-10-26)32(33)27-11-5-2-6-12-27;1-2-4-5-3-1;/h1-6,9-12,20,24-25,28,31,34-35,38-41H,7-8,13-19,21-23,42-43H2;1-5H;/q2*-1;+2. The van der Waals surface area contributed by atoms with Crippen molar-refractivity contribution in [1.82, 2.24) is 21.3 Å². The van der Waals surface area contributed by atoms with Crippen molar-refractivity contribution in [3.63, 3.8) is 0 Å². The molecule has 2 heterocycles. The van der Waals surface area contributed by atoms with Crippen LogP contribution in [-0.2, 0) is 27.6 Å². The van der Waals surface area contributed by atoms with Crippen molar-refractivity contribution in [1.29, 1.82) is 0 Å². The van der Waals surface area contributed by atoms with Crippen LogP contribution in [0.3, 0.4) is 0 Å². The molecule has 0 radical (unpaired) electrons. The Balaban J connectivity index is 0.000000581. The van der Waals surface area contributed by atoms with Gasteiger partial charge < -0.3 is 21.3 Å². The van der Waals surface area contributed by atoms with Crippen LogP contribution in [-0.4, -0.2) is 44.7 Å². The molecule has 6 fully saturated rings. The summed E-state index contributed by atoms with van der Waals surface area (Å²) in [6.07, 6.45) is 10.9. The van der Waals surface area contributed by atoms with Crippen LogP contribution in [0, 0.1) is 23.7 Å². The van der Waals surface area contributed by atoms with Crippen LogP contribution < -0.4 is 21.3 Å². The second-order valence-electron chi connectivity index (χ2n) is 15.3. The summed E-state index contributed by atoms with van der Waals surface area (Å²) in [4.78, 5) is 0. The first-order valence-corrected chi connectivity index (χ1v) is 20.1. The second kappa shape index (κ2) is 15.5. The molecule has 0 amide bonds. The van der Waals surface area contributed by atoms with Crippen LogP contribution >= 0.6 is 18.5 Å². The van der Waals surface area contributed by atoms with Crippen molar-refractivity contribution in [2.24, 2.45) is 23.7 Å². The van der Waals surface area contributed by atoms with Crippen molar-refractivity contribution in [3.05, 3.63) is 108 Å². The summed E-state index contributed by atoms with van der Waals surface area (Å²) >= 11 is 0. The first-order valence-electron chi connectivity index (χ1n) is 18.7. The Hall–Kier alpha value is -1.64. The van der Waals surface area contributed by atoms with E-state index in [1.54, 1.807) is 11.1 Å². The molecule has 4 N–H and O–H groups in total. The summed E-state index contributed by atoms with van der Waals surface area (Å²) in [5.41, 5.74) is 9.06. The minimum Gasteiger partial charge on any atom is -0.301 e. The van der Waals surface area contributed by atoms with Crippen LogP contribution in [0.1, 0.15) is 56.1 Å². The molecular weight excluding hydrogens is 678 g/mol. The second-order valence-corrected chi connectivity index (χ2v) is 16.8. The average Bonchev–Trinajstić information content (AvgIpc) is 3.86. The molecule has 2 saturated heterocycles. The first kappa shape index (κ1) is 35.7. The number of benzene rings is 2. The van der Waals surface area contributed by atoms with E-state index < -0.39 is 0 Å². The summed E-state index contributed by atoms with van der Waals surface area (Å²) < 4.78 is 0. The zero-order valence-electron chi connectivity index (χ0n) is 28.7. The molecule has 0 spiro atoms. The van der Waals surface area contributed by atoms with E-state index in [0.29, 0.717) is 5.92 Å². The van der Waals surface area contributed by atoms with Crippen molar-refractivity contribution in [2.75, 3.05) is 32.3 Å². The summed E-state index contributed by atoms with van der Waals surface area (Å²) in [5.74, 6) is 3.30. The van der Waals surface area contributed by atoms with Gasteiger partial charge in [0.2, 0.25) is 0 Å². The molecule has 49 heavy (non-hydrogen) atoms. The number of rotatable bonds is 7. The van der Waals surface area contributed by atoms with E-state index in [2.05, 4.69) is 106 Å². The molecule has 2 aliphatic heterocycles. The van der Waals surface area contributed by atoms with Gasteiger partial charge in [0.05, 0.1) is 12.3 Å². The number of hydrogen-bond acceptors (Lipinski definition) is 4. The van der Waals surface area contributed by atoms with Gasteiger partial charge in [-0.1, -0.05) is 70.8 Å². The smallest absolute Gasteiger partial charge is 0.301 e. The van der Waals surface area contributed by atoms with Crippen LogP contribution in [0.5, 0.6) is 0 Å². The molecule has 5 atom stereocenters. The van der Waals surface area contributed by atoms with Gasteiger partial charge in [0, 0.05) is 5.16 Å². The van der Waals surface area contributed by atoms with Crippen molar-refractivity contribution in [3.8, 4) is 22.3 Å². The third kappa shape index (κ3) is 6.62. The SMILES string of the molecule is PCC1C2CC3CC(C2)CC1(c1c(C(P)(C2NCCCN2)C2NCCCN2)cc(-c2ccccc2)[c-]1-c1ccccc1)C3.[Fe+2].c1cc[cH-]c1. The predicted molar refractivity (Wildman–Crippen MR) is 208 cm³/mol. The van der Waals surface area contributed by atoms with Gasteiger partial charge in [-0.3, -0.25) is 0 Å². The summed E-state index contributed by atoms with van der Waals surface area (Å²) in [6, 6.07) is 35.3. The fourth-order valence-electron chi connectivity index (χ4n) is 10.9. The zero-order chi connectivity index (χ0) is 32.6. The van der Waals surface area contributed by atoms with Crippen LogP contribution in [0.2, 0.25) is 0 Å². The summed E-state index contributed by atoms with van der Waals surface area (Å²) in [6.45, 7) is 4.22. The van der Waals surface area contributed by atoms with E-state index in [4.69, 9.17) is 0 Å². The maximum atomic E-state index is 3.97. The van der Waals surface area contributed by atoms with E-state index in [9.17, 15) is 0 Å². The van der Waals surface area contributed by atoms with Gasteiger partial charge in [0.25, 0.3) is 0 Å². The number of hydrogen-bond donors (Lipinski definition) is 4. The largest absolute Gasteiger partial charge is 2.00 e. The van der Waals surface area contributed by atoms with E-state index in [-0.39, 0.29) is 40.0 Å². The van der Waals surface area contributed by atoms with Crippen LogP contribution in [0.4, 0.5) is 0 Å². The molecule has 4 aliphatic carbocycles. The van der Waals surface area contributed by atoms with Gasteiger partial charge in [-0.15, -0.1) is 47.8 Å². The summed E-state index contributed by atoms with van der Waals surface area (Å²) in [7, 11) is 6.71. The van der Waals surface area contributed by atoms with Gasteiger partial charge in [-0.25, -0.2) is 12.1 Å². The summed E-state index contributed by atoms with van der Waals surface area (Å²) in [5, 5.41) is 15.6.